The Hall–Kier alpha value is -2.29. The molecule has 0 aromatic heterocycles. The van der Waals surface area contributed by atoms with Crippen LogP contribution in [-0.4, -0.2) is 49.3 Å². The molecule has 0 aliphatic carbocycles. The molecule has 2 unspecified atom stereocenters. The first kappa shape index (κ1) is 56.7. The number of esters is 2. The number of hydrogen-bond donors (Lipinski definition) is 2. The highest BCUT2D eigenvalue weighted by molar-refractivity contribution is 7.47. The zero-order valence-electron chi connectivity index (χ0n) is 37.7. The first-order valence-corrected chi connectivity index (χ1v) is 25.3. The zero-order valence-corrected chi connectivity index (χ0v) is 38.6. The lowest BCUT2D eigenvalue weighted by Crippen LogP contribution is -2.29. The van der Waals surface area contributed by atoms with Crippen molar-refractivity contribution in [3.63, 3.8) is 0 Å². The van der Waals surface area contributed by atoms with Crippen molar-refractivity contribution in [1.82, 2.24) is 0 Å². The highest BCUT2D eigenvalue weighted by atomic mass is 31.2. The Labute approximate surface area is 361 Å². The maximum Gasteiger partial charge on any atom is 0.472 e. The van der Waals surface area contributed by atoms with Gasteiger partial charge in [-0.25, -0.2) is 4.57 Å². The van der Waals surface area contributed by atoms with Gasteiger partial charge in [-0.1, -0.05) is 171 Å². The van der Waals surface area contributed by atoms with Crippen LogP contribution in [0.1, 0.15) is 206 Å². The molecule has 3 N–H and O–H groups in total. The maximum absolute atomic E-state index is 12.6. The highest BCUT2D eigenvalue weighted by Crippen LogP contribution is 2.43. The van der Waals surface area contributed by atoms with Gasteiger partial charge in [-0.05, 0) is 83.5 Å². The molecule has 342 valence electrons. The number of carbonyl (C=O) groups excluding carboxylic acids is 2. The van der Waals surface area contributed by atoms with Crippen LogP contribution < -0.4 is 5.73 Å². The van der Waals surface area contributed by atoms with Crippen LogP contribution in [0.15, 0.2) is 60.8 Å². The number of phosphoric acid groups is 1. The molecule has 10 heteroatoms. The Bertz CT molecular complexity index is 1150. The third-order valence-electron chi connectivity index (χ3n) is 9.88. The fraction of sp³-hybridized carbons (Fsp3) is 0.755. The number of ether oxygens (including phenoxy) is 2. The lowest BCUT2D eigenvalue weighted by molar-refractivity contribution is -0.161. The molecule has 0 bridgehead atoms. The minimum absolute atomic E-state index is 0.0476. The minimum atomic E-state index is -4.39. The van der Waals surface area contributed by atoms with E-state index in [0.717, 1.165) is 77.0 Å². The average Bonchev–Trinajstić information content (AvgIpc) is 3.22. The average molecular weight is 850 g/mol. The van der Waals surface area contributed by atoms with E-state index < -0.39 is 32.5 Å². The van der Waals surface area contributed by atoms with Gasteiger partial charge >= 0.3 is 19.8 Å². The third-order valence-corrected chi connectivity index (χ3v) is 10.9. The summed E-state index contributed by atoms with van der Waals surface area (Å²) >= 11 is 0. The van der Waals surface area contributed by atoms with E-state index in [9.17, 15) is 19.0 Å². The van der Waals surface area contributed by atoms with Gasteiger partial charge in [-0.2, -0.15) is 0 Å². The van der Waals surface area contributed by atoms with E-state index in [0.29, 0.717) is 12.8 Å². The molecule has 0 fully saturated rings. The first-order chi connectivity index (χ1) is 28.8. The van der Waals surface area contributed by atoms with Gasteiger partial charge in [0.15, 0.2) is 6.10 Å². The van der Waals surface area contributed by atoms with Crippen LogP contribution in [0.25, 0.3) is 0 Å². The van der Waals surface area contributed by atoms with Crippen LogP contribution in [0.5, 0.6) is 0 Å². The van der Waals surface area contributed by atoms with E-state index in [1.54, 1.807) is 0 Å². The van der Waals surface area contributed by atoms with Crippen molar-refractivity contribution in [1.29, 1.82) is 0 Å². The lowest BCUT2D eigenvalue weighted by atomic mass is 10.1. The topological polar surface area (TPSA) is 134 Å². The maximum atomic E-state index is 12.6. The van der Waals surface area contributed by atoms with Crippen LogP contribution in [0.2, 0.25) is 0 Å². The van der Waals surface area contributed by atoms with Crippen molar-refractivity contribution in [2.24, 2.45) is 5.73 Å². The molecule has 0 radical (unpaired) electrons. The summed E-state index contributed by atoms with van der Waals surface area (Å²) in [6, 6.07) is 0. The largest absolute Gasteiger partial charge is 0.472 e. The molecule has 0 saturated heterocycles. The smallest absolute Gasteiger partial charge is 0.462 e. The van der Waals surface area contributed by atoms with Crippen LogP contribution >= 0.6 is 7.82 Å². The van der Waals surface area contributed by atoms with E-state index in [4.69, 9.17) is 24.3 Å². The van der Waals surface area contributed by atoms with Gasteiger partial charge in [0.1, 0.15) is 6.61 Å². The molecule has 0 saturated carbocycles. The third kappa shape index (κ3) is 45.1. The fourth-order valence-electron chi connectivity index (χ4n) is 6.32. The van der Waals surface area contributed by atoms with E-state index in [-0.39, 0.29) is 32.6 Å². The summed E-state index contributed by atoms with van der Waals surface area (Å²) in [4.78, 5) is 35.0. The lowest BCUT2D eigenvalue weighted by Gasteiger charge is -2.19. The zero-order chi connectivity index (χ0) is 43.2. The SMILES string of the molecule is CCCCC/C=C\C/C=C\CCCCCCCC(=O)OCC(COP(=O)(O)OCCN)OC(=O)CCCCCCCCCC/C=C\C/C=C\C/C=C\CCCCCCC. The Morgan fingerprint density at radius 2 is 0.881 bits per heavy atom. The van der Waals surface area contributed by atoms with Gasteiger partial charge in [0.2, 0.25) is 0 Å². The minimum Gasteiger partial charge on any atom is -0.462 e. The van der Waals surface area contributed by atoms with Crippen molar-refractivity contribution in [2.75, 3.05) is 26.4 Å². The summed E-state index contributed by atoms with van der Waals surface area (Å²) in [7, 11) is -4.39. The molecule has 0 rings (SSSR count). The van der Waals surface area contributed by atoms with Crippen LogP contribution in [-0.2, 0) is 32.7 Å². The molecule has 9 nitrogen and oxygen atoms in total. The number of rotatable bonds is 44. The molecular formula is C49H88NO8P. The second-order valence-electron chi connectivity index (χ2n) is 15.6. The Morgan fingerprint density at radius 1 is 0.508 bits per heavy atom. The van der Waals surface area contributed by atoms with Gasteiger partial charge in [0.25, 0.3) is 0 Å². The number of phosphoric ester groups is 1. The Morgan fingerprint density at radius 3 is 1.34 bits per heavy atom. The standard InChI is InChI=1S/C49H88NO8P/c1-3-5-7-9-11-13-15-17-19-20-21-22-23-24-25-26-28-30-32-34-36-38-40-42-49(52)58-47(46-57-59(53,54)56-44-43-50)45-55-48(51)41-39-37-35-33-31-29-27-18-16-14-12-10-8-6-4-2/h12,14-15,17-18,20-21,23-24,27,47H,3-11,13,16,19,22,25-26,28-46,50H2,1-2H3,(H,53,54)/b14-12-,17-15-,21-20-,24-23-,27-18-. The van der Waals surface area contributed by atoms with Crippen molar-refractivity contribution >= 4 is 19.8 Å². The normalized spacial score (nSPS) is 13.8. The van der Waals surface area contributed by atoms with Crippen LogP contribution in [0, 0.1) is 0 Å². The summed E-state index contributed by atoms with van der Waals surface area (Å²) in [5.41, 5.74) is 5.35. The number of unbranched alkanes of at least 4 members (excludes halogenated alkanes) is 21. The second-order valence-corrected chi connectivity index (χ2v) is 17.1. The Balaban J connectivity index is 4.13. The molecule has 0 spiro atoms. The molecular weight excluding hydrogens is 762 g/mol. The number of carbonyl (C=O) groups is 2. The predicted octanol–water partition coefficient (Wildman–Crippen LogP) is 14.1. The van der Waals surface area contributed by atoms with Gasteiger partial charge < -0.3 is 20.1 Å². The van der Waals surface area contributed by atoms with Crippen molar-refractivity contribution in [3.8, 4) is 0 Å². The number of allylic oxidation sites excluding steroid dienone is 10. The van der Waals surface area contributed by atoms with Crippen LogP contribution in [0.4, 0.5) is 0 Å². The fourth-order valence-corrected chi connectivity index (χ4v) is 7.08. The second kappa shape index (κ2) is 45.2. The predicted molar refractivity (Wildman–Crippen MR) is 247 cm³/mol. The van der Waals surface area contributed by atoms with E-state index in [1.807, 2.05) is 0 Å². The van der Waals surface area contributed by atoms with Crippen molar-refractivity contribution in [3.05, 3.63) is 60.8 Å². The van der Waals surface area contributed by atoms with Crippen molar-refractivity contribution < 1.29 is 37.6 Å². The molecule has 0 aliphatic heterocycles. The van der Waals surface area contributed by atoms with Gasteiger partial charge in [0, 0.05) is 19.4 Å². The molecule has 0 amide bonds. The summed E-state index contributed by atoms with van der Waals surface area (Å²) in [6.45, 7) is 3.67. The van der Waals surface area contributed by atoms with E-state index >= 15 is 0 Å². The molecule has 0 heterocycles. The van der Waals surface area contributed by atoms with E-state index in [1.165, 1.54) is 89.9 Å². The van der Waals surface area contributed by atoms with E-state index in [2.05, 4.69) is 74.6 Å². The summed E-state index contributed by atoms with van der Waals surface area (Å²) in [5.74, 6) is -0.854. The highest BCUT2D eigenvalue weighted by Gasteiger charge is 2.26. The molecule has 59 heavy (non-hydrogen) atoms. The van der Waals surface area contributed by atoms with Gasteiger partial charge in [-0.15, -0.1) is 0 Å². The van der Waals surface area contributed by atoms with Gasteiger partial charge in [-0.3, -0.25) is 18.6 Å². The molecule has 0 aromatic rings. The Kier molecular flexibility index (Phi) is 43.5. The van der Waals surface area contributed by atoms with Crippen molar-refractivity contribution in [2.45, 2.75) is 213 Å². The quantitative estimate of drug-likeness (QED) is 0.0266. The van der Waals surface area contributed by atoms with Gasteiger partial charge in [0.05, 0.1) is 13.2 Å². The number of nitrogens with two attached hydrogens (primary N) is 1. The summed E-state index contributed by atoms with van der Waals surface area (Å²) < 4.78 is 32.8. The molecule has 2 atom stereocenters. The monoisotopic (exact) mass is 850 g/mol. The van der Waals surface area contributed by atoms with Crippen LogP contribution in [0.3, 0.4) is 0 Å². The molecule has 0 aromatic carbocycles. The first-order valence-electron chi connectivity index (χ1n) is 23.8. The summed E-state index contributed by atoms with van der Waals surface area (Å²) in [5, 5.41) is 0. The molecule has 0 aliphatic rings. The number of hydrogen-bond acceptors (Lipinski definition) is 8. The summed E-state index contributed by atoms with van der Waals surface area (Å²) in [6.07, 6.45) is 53.9.